The Balaban J connectivity index is 2.27. The van der Waals surface area contributed by atoms with E-state index in [9.17, 15) is 4.39 Å². The number of halogens is 1. The van der Waals surface area contributed by atoms with Gasteiger partial charge in [-0.25, -0.2) is 14.4 Å². The summed E-state index contributed by atoms with van der Waals surface area (Å²) >= 11 is 0. The van der Waals surface area contributed by atoms with Crippen LogP contribution in [0, 0.1) is 5.82 Å². The topological polar surface area (TPSA) is 32.3 Å². The Bertz CT molecular complexity index is 419. The standard InChI is InChI=1S/C13H21FN4/c1-13(2,3)12-15-9-10(14)11(16-12)18-7-5-17(4)6-8-18/h9H,5-8H2,1-4H3. The van der Waals surface area contributed by atoms with Crippen LogP contribution in [-0.4, -0.2) is 48.1 Å². The van der Waals surface area contributed by atoms with Crippen LogP contribution in [0.15, 0.2) is 6.20 Å². The summed E-state index contributed by atoms with van der Waals surface area (Å²) in [6.45, 7) is 9.61. The largest absolute Gasteiger partial charge is 0.352 e. The number of anilines is 1. The van der Waals surface area contributed by atoms with E-state index >= 15 is 0 Å². The van der Waals surface area contributed by atoms with Gasteiger partial charge in [0, 0.05) is 31.6 Å². The van der Waals surface area contributed by atoms with Crippen LogP contribution in [0.1, 0.15) is 26.6 Å². The van der Waals surface area contributed by atoms with Gasteiger partial charge >= 0.3 is 0 Å². The van der Waals surface area contributed by atoms with Crippen LogP contribution in [-0.2, 0) is 5.41 Å². The zero-order valence-corrected chi connectivity index (χ0v) is 11.6. The number of aromatic nitrogens is 2. The van der Waals surface area contributed by atoms with Gasteiger partial charge in [-0.15, -0.1) is 0 Å². The van der Waals surface area contributed by atoms with Gasteiger partial charge in [0.15, 0.2) is 11.6 Å². The molecule has 0 radical (unpaired) electrons. The quantitative estimate of drug-likeness (QED) is 0.761. The highest BCUT2D eigenvalue weighted by Crippen LogP contribution is 2.23. The van der Waals surface area contributed by atoms with E-state index in [2.05, 4.69) is 21.9 Å². The second-order valence-corrected chi connectivity index (χ2v) is 5.91. The van der Waals surface area contributed by atoms with Gasteiger partial charge in [-0.3, -0.25) is 0 Å². The van der Waals surface area contributed by atoms with Crippen LogP contribution in [0.3, 0.4) is 0 Å². The highest BCUT2D eigenvalue weighted by Gasteiger charge is 2.23. The molecule has 0 aliphatic carbocycles. The third-order valence-electron chi connectivity index (χ3n) is 3.20. The maximum atomic E-state index is 13.9. The van der Waals surface area contributed by atoms with Gasteiger partial charge in [0.25, 0.3) is 0 Å². The summed E-state index contributed by atoms with van der Waals surface area (Å²) in [5.41, 5.74) is -0.158. The van der Waals surface area contributed by atoms with Gasteiger partial charge in [0.05, 0.1) is 6.20 Å². The molecular formula is C13H21FN4. The van der Waals surface area contributed by atoms with Crippen molar-refractivity contribution < 1.29 is 4.39 Å². The first kappa shape index (κ1) is 13.2. The third-order valence-corrected chi connectivity index (χ3v) is 3.20. The monoisotopic (exact) mass is 252 g/mol. The molecule has 1 aromatic rings. The normalized spacial score (nSPS) is 18.2. The Hall–Kier alpha value is -1.23. The number of hydrogen-bond acceptors (Lipinski definition) is 4. The molecular weight excluding hydrogens is 231 g/mol. The first-order chi connectivity index (χ1) is 8.38. The van der Waals surface area contributed by atoms with Crippen LogP contribution in [0.4, 0.5) is 10.2 Å². The Labute approximate surface area is 108 Å². The van der Waals surface area contributed by atoms with Gasteiger partial charge < -0.3 is 9.80 Å². The first-order valence-electron chi connectivity index (χ1n) is 6.34. The lowest BCUT2D eigenvalue weighted by atomic mass is 9.96. The fourth-order valence-corrected chi connectivity index (χ4v) is 1.96. The van der Waals surface area contributed by atoms with E-state index in [4.69, 9.17) is 0 Å². The van der Waals surface area contributed by atoms with Crippen LogP contribution < -0.4 is 4.90 Å². The molecule has 5 heteroatoms. The maximum absolute atomic E-state index is 13.9. The summed E-state index contributed by atoms with van der Waals surface area (Å²) in [5, 5.41) is 0. The van der Waals surface area contributed by atoms with Gasteiger partial charge in [0.1, 0.15) is 5.82 Å². The van der Waals surface area contributed by atoms with E-state index in [1.165, 1.54) is 6.20 Å². The molecule has 0 N–H and O–H groups in total. The first-order valence-corrected chi connectivity index (χ1v) is 6.34. The van der Waals surface area contributed by atoms with Crippen molar-refractivity contribution in [2.75, 3.05) is 38.1 Å². The molecule has 2 rings (SSSR count). The smallest absolute Gasteiger partial charge is 0.183 e. The zero-order valence-electron chi connectivity index (χ0n) is 11.6. The van der Waals surface area contributed by atoms with Gasteiger partial charge in [-0.2, -0.15) is 0 Å². The molecule has 0 spiro atoms. The van der Waals surface area contributed by atoms with Crippen LogP contribution in [0.25, 0.3) is 0 Å². The number of piperazine rings is 1. The Morgan fingerprint density at radius 2 is 1.78 bits per heavy atom. The summed E-state index contributed by atoms with van der Waals surface area (Å²) in [7, 11) is 2.08. The molecule has 4 nitrogen and oxygen atoms in total. The molecule has 2 heterocycles. The lowest BCUT2D eigenvalue weighted by Crippen LogP contribution is -2.45. The summed E-state index contributed by atoms with van der Waals surface area (Å²) in [4.78, 5) is 12.8. The third kappa shape index (κ3) is 2.77. The molecule has 1 aliphatic heterocycles. The molecule has 0 bridgehead atoms. The van der Waals surface area contributed by atoms with Crippen molar-refractivity contribution in [3.63, 3.8) is 0 Å². The average Bonchev–Trinajstić information content (AvgIpc) is 2.29. The Kier molecular flexibility index (Phi) is 3.52. The van der Waals surface area contributed by atoms with Gasteiger partial charge in [-0.1, -0.05) is 20.8 Å². The SMILES string of the molecule is CN1CCN(c2nc(C(C)(C)C)ncc2F)CC1. The molecule has 0 aromatic carbocycles. The molecule has 1 aromatic heterocycles. The highest BCUT2D eigenvalue weighted by molar-refractivity contribution is 5.40. The van der Waals surface area contributed by atoms with E-state index in [1.807, 2.05) is 25.7 Å². The molecule has 100 valence electrons. The van der Waals surface area contributed by atoms with Crippen LogP contribution in [0.2, 0.25) is 0 Å². The second kappa shape index (κ2) is 4.80. The van der Waals surface area contributed by atoms with Crippen molar-refractivity contribution in [2.45, 2.75) is 26.2 Å². The average molecular weight is 252 g/mol. The molecule has 0 atom stereocenters. The minimum Gasteiger partial charge on any atom is -0.352 e. The van der Waals surface area contributed by atoms with Crippen molar-refractivity contribution in [2.24, 2.45) is 0 Å². The number of likely N-dealkylation sites (N-methyl/N-ethyl adjacent to an activating group) is 1. The van der Waals surface area contributed by atoms with Gasteiger partial charge in [-0.05, 0) is 7.05 Å². The minimum absolute atomic E-state index is 0.158. The molecule has 0 unspecified atom stereocenters. The van der Waals surface area contributed by atoms with E-state index in [-0.39, 0.29) is 11.2 Å². The summed E-state index contributed by atoms with van der Waals surface area (Å²) in [6, 6.07) is 0. The molecule has 1 fully saturated rings. The molecule has 1 saturated heterocycles. The summed E-state index contributed by atoms with van der Waals surface area (Å²) in [5.74, 6) is 0.813. The highest BCUT2D eigenvalue weighted by atomic mass is 19.1. The Morgan fingerprint density at radius 3 is 2.33 bits per heavy atom. The Morgan fingerprint density at radius 1 is 1.17 bits per heavy atom. The number of nitrogens with zero attached hydrogens (tertiary/aromatic N) is 4. The van der Waals surface area contributed by atoms with Gasteiger partial charge in [0.2, 0.25) is 0 Å². The van der Waals surface area contributed by atoms with Crippen molar-refractivity contribution in [3.05, 3.63) is 17.8 Å². The number of hydrogen-bond donors (Lipinski definition) is 0. The van der Waals surface area contributed by atoms with Crippen molar-refractivity contribution in [3.8, 4) is 0 Å². The minimum atomic E-state index is -0.326. The van der Waals surface area contributed by atoms with E-state index < -0.39 is 0 Å². The summed E-state index contributed by atoms with van der Waals surface area (Å²) < 4.78 is 13.9. The molecule has 18 heavy (non-hydrogen) atoms. The maximum Gasteiger partial charge on any atom is 0.183 e. The molecule has 0 amide bonds. The van der Waals surface area contributed by atoms with Crippen molar-refractivity contribution in [1.82, 2.24) is 14.9 Å². The molecule has 0 saturated carbocycles. The van der Waals surface area contributed by atoms with E-state index in [0.29, 0.717) is 11.6 Å². The summed E-state index contributed by atoms with van der Waals surface area (Å²) in [6.07, 6.45) is 1.29. The lowest BCUT2D eigenvalue weighted by Gasteiger charge is -2.33. The lowest BCUT2D eigenvalue weighted by molar-refractivity contribution is 0.310. The van der Waals surface area contributed by atoms with Crippen LogP contribution in [0.5, 0.6) is 0 Å². The van der Waals surface area contributed by atoms with Crippen molar-refractivity contribution in [1.29, 1.82) is 0 Å². The molecule has 1 aliphatic rings. The zero-order chi connectivity index (χ0) is 13.3. The van der Waals surface area contributed by atoms with E-state index in [0.717, 1.165) is 26.2 Å². The number of rotatable bonds is 1. The van der Waals surface area contributed by atoms with Crippen molar-refractivity contribution >= 4 is 5.82 Å². The van der Waals surface area contributed by atoms with Crippen LogP contribution >= 0.6 is 0 Å². The fourth-order valence-electron chi connectivity index (χ4n) is 1.96. The predicted molar refractivity (Wildman–Crippen MR) is 70.4 cm³/mol. The van der Waals surface area contributed by atoms with E-state index in [1.54, 1.807) is 0 Å². The fraction of sp³-hybridized carbons (Fsp3) is 0.692. The predicted octanol–water partition coefficient (Wildman–Crippen LogP) is 1.67. The second-order valence-electron chi connectivity index (χ2n) is 5.91.